The highest BCUT2D eigenvalue weighted by atomic mass is 16.4. The summed E-state index contributed by atoms with van der Waals surface area (Å²) in [5, 5.41) is 11.7. The lowest BCUT2D eigenvalue weighted by molar-refractivity contribution is 0.0685. The summed E-state index contributed by atoms with van der Waals surface area (Å²) in [5.41, 5.74) is -0.0436. The number of hydrogen-bond donors (Lipinski definition) is 3. The van der Waals surface area contributed by atoms with E-state index in [0.29, 0.717) is 19.0 Å². The Kier molecular flexibility index (Phi) is 1.56. The lowest BCUT2D eigenvalue weighted by Crippen LogP contribution is -2.19. The summed E-state index contributed by atoms with van der Waals surface area (Å²) in [6.45, 7) is 1.17. The number of aromatic amines is 1. The van der Waals surface area contributed by atoms with Gasteiger partial charge in [0.1, 0.15) is 0 Å². The van der Waals surface area contributed by atoms with Crippen LogP contribution in [0.5, 0.6) is 0 Å². The Morgan fingerprint density at radius 1 is 1.44 bits per heavy atom. The second-order valence-corrected chi connectivity index (χ2v) is 3.41. The van der Waals surface area contributed by atoms with Crippen molar-refractivity contribution in [3.8, 4) is 0 Å². The molecule has 0 spiro atoms. The van der Waals surface area contributed by atoms with Gasteiger partial charge >= 0.3 is 5.97 Å². The number of H-pyrrole nitrogens is 1. The number of carbonyl (C=O) groups is 1. The van der Waals surface area contributed by atoms with Crippen molar-refractivity contribution in [3.05, 3.63) is 16.2 Å². The zero-order chi connectivity index (χ0) is 11.3. The second kappa shape index (κ2) is 2.81. The number of rotatable bonds is 1. The quantitative estimate of drug-likeness (QED) is 0.583. The summed E-state index contributed by atoms with van der Waals surface area (Å²) < 4.78 is 1.45. The molecule has 8 heteroatoms. The predicted molar refractivity (Wildman–Crippen MR) is 53.6 cm³/mol. The maximum absolute atomic E-state index is 11.9. The van der Waals surface area contributed by atoms with E-state index < -0.39 is 5.97 Å². The molecule has 16 heavy (non-hydrogen) atoms. The van der Waals surface area contributed by atoms with Crippen LogP contribution in [0.3, 0.4) is 0 Å². The van der Waals surface area contributed by atoms with Gasteiger partial charge in [-0.25, -0.2) is 9.78 Å². The number of aromatic carboxylic acids is 1. The Morgan fingerprint density at radius 3 is 3.00 bits per heavy atom. The van der Waals surface area contributed by atoms with Gasteiger partial charge < -0.3 is 15.4 Å². The first-order valence-electron chi connectivity index (χ1n) is 4.64. The van der Waals surface area contributed by atoms with Gasteiger partial charge in [0, 0.05) is 13.1 Å². The number of imidazole rings is 1. The van der Waals surface area contributed by atoms with Gasteiger partial charge in [-0.15, -0.1) is 0 Å². The van der Waals surface area contributed by atoms with Gasteiger partial charge in [0.15, 0.2) is 11.2 Å². The lowest BCUT2D eigenvalue weighted by Gasteiger charge is -1.98. The smallest absolute Gasteiger partial charge is 0.371 e. The van der Waals surface area contributed by atoms with Crippen LogP contribution in [0.15, 0.2) is 4.79 Å². The van der Waals surface area contributed by atoms with Crippen LogP contribution in [0.4, 0.5) is 5.95 Å². The summed E-state index contributed by atoms with van der Waals surface area (Å²) >= 11 is 0. The first-order chi connectivity index (χ1) is 7.66. The van der Waals surface area contributed by atoms with Crippen molar-refractivity contribution in [1.29, 1.82) is 0 Å². The van der Waals surface area contributed by atoms with Crippen LogP contribution in [0.2, 0.25) is 0 Å². The van der Waals surface area contributed by atoms with Crippen LogP contribution in [0, 0.1) is 0 Å². The van der Waals surface area contributed by atoms with E-state index in [0.717, 1.165) is 0 Å². The van der Waals surface area contributed by atoms with Crippen molar-refractivity contribution in [3.63, 3.8) is 0 Å². The maximum atomic E-state index is 11.9. The molecule has 0 aromatic carbocycles. The van der Waals surface area contributed by atoms with E-state index in [1.54, 1.807) is 0 Å². The monoisotopic (exact) mass is 221 g/mol. The molecule has 0 saturated carbocycles. The van der Waals surface area contributed by atoms with Crippen molar-refractivity contribution >= 4 is 23.1 Å². The van der Waals surface area contributed by atoms with E-state index in [1.807, 2.05) is 0 Å². The molecular weight excluding hydrogens is 214 g/mol. The van der Waals surface area contributed by atoms with Gasteiger partial charge in [0.05, 0.1) is 0 Å². The molecule has 82 valence electrons. The average molecular weight is 221 g/mol. The van der Waals surface area contributed by atoms with Crippen molar-refractivity contribution in [1.82, 2.24) is 19.5 Å². The number of hydrogen-bond acceptors (Lipinski definition) is 5. The molecule has 0 radical (unpaired) electrons. The highest BCUT2D eigenvalue weighted by Crippen LogP contribution is 2.12. The summed E-state index contributed by atoms with van der Waals surface area (Å²) in [7, 11) is 0. The van der Waals surface area contributed by atoms with Gasteiger partial charge in [-0.05, 0) is 0 Å². The first kappa shape index (κ1) is 8.89. The number of carboxylic acid groups (broad SMARTS) is 1. The number of aromatic nitrogens is 4. The number of carboxylic acids is 1. The number of nitrogens with zero attached hydrogens (tertiary/aromatic N) is 3. The minimum Gasteiger partial charge on any atom is -0.475 e. The van der Waals surface area contributed by atoms with Gasteiger partial charge in [0.2, 0.25) is 11.8 Å². The molecule has 3 heterocycles. The molecule has 0 bridgehead atoms. The standard InChI is InChI=1S/C8H7N5O3/c14-6-3-4(11-5(10-3)7(15)16)12-8-9-1-2-13(6)8/h1-2H2,(H,9,12)(H,10,11)(H,15,16). The molecule has 2 aromatic heterocycles. The SMILES string of the molecule is O=C(O)c1nc2nc3n(c(=O)c2[nH]1)CCN3. The van der Waals surface area contributed by atoms with Crippen molar-refractivity contribution in [2.45, 2.75) is 6.54 Å². The van der Waals surface area contributed by atoms with Crippen LogP contribution in [-0.4, -0.2) is 37.1 Å². The van der Waals surface area contributed by atoms with Crippen LogP contribution >= 0.6 is 0 Å². The molecule has 8 nitrogen and oxygen atoms in total. The Bertz CT molecular complexity index is 655. The van der Waals surface area contributed by atoms with Gasteiger partial charge in [0.25, 0.3) is 5.56 Å². The molecule has 1 aliphatic rings. The summed E-state index contributed by atoms with van der Waals surface area (Å²) in [4.78, 5) is 32.8. The predicted octanol–water partition coefficient (Wildman–Crippen LogP) is -0.757. The fourth-order valence-corrected chi connectivity index (χ4v) is 1.71. The van der Waals surface area contributed by atoms with E-state index in [1.165, 1.54) is 4.57 Å². The van der Waals surface area contributed by atoms with Crippen molar-refractivity contribution in [2.24, 2.45) is 0 Å². The van der Waals surface area contributed by atoms with E-state index in [9.17, 15) is 9.59 Å². The summed E-state index contributed by atoms with van der Waals surface area (Å²) in [5.74, 6) is -1.06. The molecule has 2 aromatic rings. The Morgan fingerprint density at radius 2 is 2.25 bits per heavy atom. The second-order valence-electron chi connectivity index (χ2n) is 3.41. The van der Waals surface area contributed by atoms with Gasteiger partial charge in [-0.3, -0.25) is 9.36 Å². The third kappa shape index (κ3) is 1.03. The van der Waals surface area contributed by atoms with Crippen LogP contribution < -0.4 is 10.9 Å². The molecular formula is C8H7N5O3. The minimum atomic E-state index is -1.21. The molecule has 0 amide bonds. The molecule has 0 atom stereocenters. The fourth-order valence-electron chi connectivity index (χ4n) is 1.71. The molecule has 0 unspecified atom stereocenters. The Hall–Kier alpha value is -2.38. The van der Waals surface area contributed by atoms with Crippen LogP contribution in [0.1, 0.15) is 10.6 Å². The van der Waals surface area contributed by atoms with Gasteiger partial charge in [-0.1, -0.05) is 0 Å². The average Bonchev–Trinajstić information content (AvgIpc) is 2.83. The molecule has 3 rings (SSSR count). The molecule has 0 saturated heterocycles. The molecule has 3 N–H and O–H groups in total. The Balaban J connectivity index is 2.37. The lowest BCUT2D eigenvalue weighted by atomic mass is 10.5. The van der Waals surface area contributed by atoms with E-state index in [2.05, 4.69) is 20.3 Å². The summed E-state index contributed by atoms with van der Waals surface area (Å²) in [6.07, 6.45) is 0. The third-order valence-electron chi connectivity index (χ3n) is 2.43. The molecule has 1 aliphatic heterocycles. The maximum Gasteiger partial charge on any atom is 0.371 e. The van der Waals surface area contributed by atoms with Crippen molar-refractivity contribution < 1.29 is 9.90 Å². The summed E-state index contributed by atoms with van der Waals surface area (Å²) in [6, 6.07) is 0. The largest absolute Gasteiger partial charge is 0.475 e. The third-order valence-corrected chi connectivity index (χ3v) is 2.43. The van der Waals surface area contributed by atoms with Gasteiger partial charge in [-0.2, -0.15) is 4.98 Å². The molecule has 0 aliphatic carbocycles. The topological polar surface area (TPSA) is 113 Å². The fraction of sp³-hybridized carbons (Fsp3) is 0.250. The zero-order valence-electron chi connectivity index (χ0n) is 8.02. The highest BCUT2D eigenvalue weighted by Gasteiger charge is 2.19. The number of nitrogens with one attached hydrogen (secondary N) is 2. The first-order valence-corrected chi connectivity index (χ1v) is 4.64. The van der Waals surface area contributed by atoms with E-state index >= 15 is 0 Å². The van der Waals surface area contributed by atoms with Crippen LogP contribution in [0.25, 0.3) is 11.2 Å². The Labute approximate surface area is 87.9 Å². The van der Waals surface area contributed by atoms with E-state index in [-0.39, 0.29) is 22.5 Å². The highest BCUT2D eigenvalue weighted by molar-refractivity contribution is 5.87. The van der Waals surface area contributed by atoms with Crippen LogP contribution in [-0.2, 0) is 6.54 Å². The van der Waals surface area contributed by atoms with Crippen molar-refractivity contribution in [2.75, 3.05) is 11.9 Å². The zero-order valence-corrected chi connectivity index (χ0v) is 8.02. The number of anilines is 1. The normalized spacial score (nSPS) is 13.8. The van der Waals surface area contributed by atoms with E-state index in [4.69, 9.17) is 5.11 Å². The number of fused-ring (bicyclic) bond motifs is 2. The minimum absolute atomic E-state index is 0.128. The molecule has 0 fully saturated rings.